The highest BCUT2D eigenvalue weighted by Gasteiger charge is 2.30. The van der Waals surface area contributed by atoms with E-state index in [0.29, 0.717) is 23.8 Å². The van der Waals surface area contributed by atoms with Gasteiger partial charge in [-0.2, -0.15) is 0 Å². The van der Waals surface area contributed by atoms with E-state index in [9.17, 15) is 9.90 Å². The number of aromatic nitrogens is 1. The first-order valence-corrected chi connectivity index (χ1v) is 6.55. The Morgan fingerprint density at radius 1 is 1.63 bits per heavy atom. The van der Waals surface area contributed by atoms with Gasteiger partial charge in [0.05, 0.1) is 23.6 Å². The van der Waals surface area contributed by atoms with Gasteiger partial charge in [0.15, 0.2) is 0 Å². The van der Waals surface area contributed by atoms with Crippen LogP contribution in [-0.4, -0.2) is 35.3 Å². The third-order valence-corrected chi connectivity index (χ3v) is 3.65. The van der Waals surface area contributed by atoms with E-state index < -0.39 is 6.09 Å². The number of nitrogens with two attached hydrogens (primary N) is 1. The van der Waals surface area contributed by atoms with Gasteiger partial charge in [0, 0.05) is 12.7 Å². The van der Waals surface area contributed by atoms with Crippen molar-refractivity contribution in [2.75, 3.05) is 23.7 Å². The van der Waals surface area contributed by atoms with E-state index in [-0.39, 0.29) is 6.04 Å². The summed E-state index contributed by atoms with van der Waals surface area (Å²) in [7, 11) is 0. The van der Waals surface area contributed by atoms with Gasteiger partial charge in [0.1, 0.15) is 0 Å². The molecule has 1 amide bonds. The van der Waals surface area contributed by atoms with Crippen LogP contribution in [0.25, 0.3) is 0 Å². The van der Waals surface area contributed by atoms with E-state index in [0.717, 1.165) is 19.4 Å². The number of nitrogens with zero attached hydrogens (tertiary/aromatic N) is 2. The van der Waals surface area contributed by atoms with Crippen molar-refractivity contribution in [3.63, 3.8) is 0 Å². The van der Waals surface area contributed by atoms with Gasteiger partial charge < -0.3 is 16.2 Å². The molecule has 4 N–H and O–H groups in total. The largest absolute Gasteiger partial charge is 0.465 e. The van der Waals surface area contributed by atoms with Gasteiger partial charge in [0.25, 0.3) is 0 Å². The molecule has 1 aliphatic heterocycles. The SMILES string of the molecule is CC[C@H]1CNC[C@@H](N(C(=O)O)c2ccncc2N)C1. The van der Waals surface area contributed by atoms with E-state index in [1.807, 2.05) is 0 Å². The summed E-state index contributed by atoms with van der Waals surface area (Å²) in [5.74, 6) is 0.503. The summed E-state index contributed by atoms with van der Waals surface area (Å²) in [6.07, 6.45) is 3.98. The highest BCUT2D eigenvalue weighted by atomic mass is 16.4. The average molecular weight is 264 g/mol. The number of pyridine rings is 1. The van der Waals surface area contributed by atoms with E-state index in [1.165, 1.54) is 11.1 Å². The third kappa shape index (κ3) is 2.96. The first kappa shape index (κ1) is 13.6. The van der Waals surface area contributed by atoms with Crippen molar-refractivity contribution in [3.8, 4) is 0 Å². The Hall–Kier alpha value is -1.82. The van der Waals surface area contributed by atoms with Gasteiger partial charge >= 0.3 is 6.09 Å². The fraction of sp³-hybridized carbons (Fsp3) is 0.538. The quantitative estimate of drug-likeness (QED) is 0.770. The Kier molecular flexibility index (Phi) is 4.21. The molecule has 104 valence electrons. The van der Waals surface area contributed by atoms with Gasteiger partial charge in [-0.25, -0.2) is 4.79 Å². The van der Waals surface area contributed by atoms with Crippen LogP contribution in [0.3, 0.4) is 0 Å². The second-order valence-corrected chi connectivity index (χ2v) is 4.91. The van der Waals surface area contributed by atoms with Crippen molar-refractivity contribution < 1.29 is 9.90 Å². The smallest absolute Gasteiger partial charge is 0.412 e. The molecule has 1 saturated heterocycles. The molecule has 0 aliphatic carbocycles. The van der Waals surface area contributed by atoms with Crippen LogP contribution in [-0.2, 0) is 0 Å². The molecule has 1 aromatic rings. The molecule has 19 heavy (non-hydrogen) atoms. The molecule has 0 radical (unpaired) electrons. The number of nitrogens with one attached hydrogen (secondary N) is 1. The number of piperidine rings is 1. The van der Waals surface area contributed by atoms with E-state index in [4.69, 9.17) is 5.73 Å². The summed E-state index contributed by atoms with van der Waals surface area (Å²) < 4.78 is 0. The van der Waals surface area contributed by atoms with Gasteiger partial charge in [0.2, 0.25) is 0 Å². The molecular weight excluding hydrogens is 244 g/mol. The lowest BCUT2D eigenvalue weighted by Gasteiger charge is -2.36. The molecule has 6 nitrogen and oxygen atoms in total. The molecule has 0 bridgehead atoms. The molecule has 0 saturated carbocycles. The van der Waals surface area contributed by atoms with Crippen LogP contribution >= 0.6 is 0 Å². The zero-order valence-electron chi connectivity index (χ0n) is 11.0. The highest BCUT2D eigenvalue weighted by molar-refractivity contribution is 5.90. The minimum Gasteiger partial charge on any atom is -0.465 e. The van der Waals surface area contributed by atoms with Crippen LogP contribution in [0.1, 0.15) is 19.8 Å². The lowest BCUT2D eigenvalue weighted by Crippen LogP contribution is -2.51. The van der Waals surface area contributed by atoms with Crippen molar-refractivity contribution in [3.05, 3.63) is 18.5 Å². The summed E-state index contributed by atoms with van der Waals surface area (Å²) in [6, 6.07) is 1.57. The van der Waals surface area contributed by atoms with Gasteiger partial charge in [-0.1, -0.05) is 13.3 Å². The van der Waals surface area contributed by atoms with Crippen molar-refractivity contribution in [2.45, 2.75) is 25.8 Å². The first-order chi connectivity index (χ1) is 9.13. The minimum atomic E-state index is -0.971. The minimum absolute atomic E-state index is 0.0825. The first-order valence-electron chi connectivity index (χ1n) is 6.55. The predicted molar refractivity (Wildman–Crippen MR) is 74.2 cm³/mol. The number of hydrogen-bond acceptors (Lipinski definition) is 4. The number of rotatable bonds is 3. The molecule has 2 heterocycles. The van der Waals surface area contributed by atoms with Crippen LogP contribution in [0.2, 0.25) is 0 Å². The Balaban J connectivity index is 2.26. The number of anilines is 2. The number of hydrogen-bond donors (Lipinski definition) is 3. The molecule has 6 heteroatoms. The molecular formula is C13H20N4O2. The molecule has 1 aliphatic rings. The summed E-state index contributed by atoms with van der Waals surface area (Å²) in [4.78, 5) is 16.8. The molecule has 1 fully saturated rings. The molecule has 2 rings (SSSR count). The van der Waals surface area contributed by atoms with Crippen molar-refractivity contribution in [1.29, 1.82) is 0 Å². The molecule has 0 unspecified atom stereocenters. The second kappa shape index (κ2) is 5.88. The van der Waals surface area contributed by atoms with Crippen LogP contribution in [0, 0.1) is 5.92 Å². The standard InChI is InChI=1S/C13H20N4O2/c1-2-9-5-10(7-16-6-9)17(13(18)19)12-3-4-15-8-11(12)14/h3-4,8-10,16H,2,5-7,14H2,1H3,(H,18,19)/t9-,10+/m1/s1. The van der Waals surface area contributed by atoms with Crippen LogP contribution < -0.4 is 16.0 Å². The lowest BCUT2D eigenvalue weighted by molar-refractivity contribution is 0.194. The zero-order valence-corrected chi connectivity index (χ0v) is 11.0. The Morgan fingerprint density at radius 3 is 3.05 bits per heavy atom. The maximum atomic E-state index is 11.6. The summed E-state index contributed by atoms with van der Waals surface area (Å²) >= 11 is 0. The fourth-order valence-corrected chi connectivity index (χ4v) is 2.59. The number of nitrogen functional groups attached to an aromatic ring is 1. The summed E-state index contributed by atoms with van der Waals surface area (Å²) in [5, 5.41) is 12.8. The van der Waals surface area contributed by atoms with Crippen LogP contribution in [0.4, 0.5) is 16.2 Å². The maximum absolute atomic E-state index is 11.6. The zero-order chi connectivity index (χ0) is 13.8. The lowest BCUT2D eigenvalue weighted by atomic mass is 9.92. The van der Waals surface area contributed by atoms with Crippen LogP contribution in [0.5, 0.6) is 0 Å². The molecule has 0 aromatic carbocycles. The fourth-order valence-electron chi connectivity index (χ4n) is 2.59. The van der Waals surface area contributed by atoms with E-state index >= 15 is 0 Å². The second-order valence-electron chi connectivity index (χ2n) is 4.91. The van der Waals surface area contributed by atoms with Crippen molar-refractivity contribution >= 4 is 17.5 Å². The highest BCUT2D eigenvalue weighted by Crippen LogP contribution is 2.28. The Labute approximate surface area is 112 Å². The van der Waals surface area contributed by atoms with E-state index in [2.05, 4.69) is 17.2 Å². The monoisotopic (exact) mass is 264 g/mol. The predicted octanol–water partition coefficient (Wildman–Crippen LogP) is 1.54. The molecule has 1 aromatic heterocycles. The number of amides is 1. The average Bonchev–Trinajstić information content (AvgIpc) is 2.41. The van der Waals surface area contributed by atoms with E-state index in [1.54, 1.807) is 12.3 Å². The van der Waals surface area contributed by atoms with Crippen LogP contribution in [0.15, 0.2) is 18.5 Å². The third-order valence-electron chi connectivity index (χ3n) is 3.65. The molecule has 0 spiro atoms. The van der Waals surface area contributed by atoms with Gasteiger partial charge in [-0.15, -0.1) is 0 Å². The van der Waals surface area contributed by atoms with Gasteiger partial charge in [-0.05, 0) is 24.9 Å². The van der Waals surface area contributed by atoms with Gasteiger partial charge in [-0.3, -0.25) is 9.88 Å². The normalized spacial score (nSPS) is 23.0. The summed E-state index contributed by atoms with van der Waals surface area (Å²) in [6.45, 7) is 3.73. The Bertz CT molecular complexity index is 452. The topological polar surface area (TPSA) is 91.5 Å². The maximum Gasteiger partial charge on any atom is 0.412 e. The van der Waals surface area contributed by atoms with Crippen molar-refractivity contribution in [2.24, 2.45) is 5.92 Å². The number of carboxylic acid groups (broad SMARTS) is 1. The number of carbonyl (C=O) groups is 1. The Morgan fingerprint density at radius 2 is 2.42 bits per heavy atom. The summed E-state index contributed by atoms with van der Waals surface area (Å²) in [5.41, 5.74) is 6.76. The van der Waals surface area contributed by atoms with Crippen molar-refractivity contribution in [1.82, 2.24) is 10.3 Å². The molecule has 2 atom stereocenters.